The average Bonchev–Trinajstić information content (AvgIpc) is 2.90. The van der Waals surface area contributed by atoms with Gasteiger partial charge in [0.25, 0.3) is 0 Å². The first-order valence-electron chi connectivity index (χ1n) is 7.59. The third-order valence-corrected chi connectivity index (χ3v) is 4.65. The molecule has 1 aromatic heterocycles. The second kappa shape index (κ2) is 5.89. The van der Waals surface area contributed by atoms with Crippen LogP contribution in [0.5, 0.6) is 0 Å². The van der Waals surface area contributed by atoms with Crippen molar-refractivity contribution in [2.24, 2.45) is 0 Å². The van der Waals surface area contributed by atoms with Crippen LogP contribution in [-0.4, -0.2) is 23.1 Å². The Kier molecular flexibility index (Phi) is 3.94. The number of rotatable bonds is 4. The summed E-state index contributed by atoms with van der Waals surface area (Å²) < 4.78 is 2.00. The number of hydrogen-bond donors (Lipinski definition) is 0. The van der Waals surface area contributed by atoms with Gasteiger partial charge in [-0.05, 0) is 17.7 Å². The van der Waals surface area contributed by atoms with Crippen LogP contribution >= 0.6 is 0 Å². The minimum Gasteiger partial charge on any atom is -0.217 e. The van der Waals surface area contributed by atoms with E-state index in [4.69, 9.17) is 0 Å². The van der Waals surface area contributed by atoms with Crippen LogP contribution in [0.15, 0.2) is 60.3 Å². The number of nitrogens with zero attached hydrogens (tertiary/aromatic N) is 3. The summed E-state index contributed by atoms with van der Waals surface area (Å²) in [7, 11) is -1.37. The third kappa shape index (κ3) is 3.34. The predicted octanol–water partition coefficient (Wildman–Crippen LogP) is 4.39. The van der Waals surface area contributed by atoms with Crippen molar-refractivity contribution in [2.45, 2.75) is 26.1 Å². The van der Waals surface area contributed by atoms with Crippen LogP contribution in [0.4, 0.5) is 0 Å². The van der Waals surface area contributed by atoms with Crippen LogP contribution in [0, 0.1) is 0 Å². The van der Waals surface area contributed by atoms with Gasteiger partial charge in [0.15, 0.2) is 0 Å². The Morgan fingerprint density at radius 3 is 2.41 bits per heavy atom. The van der Waals surface area contributed by atoms with Gasteiger partial charge in [-0.25, -0.2) is 4.68 Å². The van der Waals surface area contributed by atoms with E-state index >= 15 is 0 Å². The van der Waals surface area contributed by atoms with Crippen molar-refractivity contribution in [1.82, 2.24) is 15.0 Å². The average molecular weight is 307 g/mol. The van der Waals surface area contributed by atoms with Gasteiger partial charge in [-0.15, -0.1) is 5.10 Å². The van der Waals surface area contributed by atoms with Crippen molar-refractivity contribution >= 4 is 24.8 Å². The molecule has 0 fully saturated rings. The predicted molar refractivity (Wildman–Crippen MR) is 95.3 cm³/mol. The zero-order valence-corrected chi connectivity index (χ0v) is 14.3. The van der Waals surface area contributed by atoms with Crippen molar-refractivity contribution in [3.8, 4) is 0 Å². The van der Waals surface area contributed by atoms with Gasteiger partial charge in [-0.2, -0.15) is 0 Å². The molecule has 0 N–H and O–H groups in total. The maximum absolute atomic E-state index is 4.40. The fourth-order valence-electron chi connectivity index (χ4n) is 2.57. The van der Waals surface area contributed by atoms with E-state index in [1.807, 2.05) is 22.9 Å². The normalized spacial score (nSPS) is 12.8. The van der Waals surface area contributed by atoms with Gasteiger partial charge in [0.2, 0.25) is 0 Å². The maximum Gasteiger partial charge on any atom is 0.113 e. The first-order chi connectivity index (χ1) is 10.5. The number of para-hydroxylation sites is 1. The van der Waals surface area contributed by atoms with Gasteiger partial charge >= 0.3 is 0 Å². The molecule has 22 heavy (non-hydrogen) atoms. The lowest BCUT2D eigenvalue weighted by Crippen LogP contribution is -2.19. The molecule has 1 heterocycles. The van der Waals surface area contributed by atoms with Crippen LogP contribution < -0.4 is 0 Å². The summed E-state index contributed by atoms with van der Waals surface area (Å²) in [5.41, 5.74) is 6.95. The van der Waals surface area contributed by atoms with Gasteiger partial charge in [0.05, 0.1) is 13.6 Å². The number of fused-ring (bicyclic) bond motifs is 1. The second-order valence-corrected chi connectivity index (χ2v) is 11.7. The zero-order valence-electron chi connectivity index (χ0n) is 13.3. The Bertz CT molecular complexity index is 798. The van der Waals surface area contributed by atoms with Crippen LogP contribution in [0.3, 0.4) is 0 Å². The highest BCUT2D eigenvalue weighted by Crippen LogP contribution is 2.21. The third-order valence-electron chi connectivity index (χ3n) is 3.45. The van der Waals surface area contributed by atoms with Crippen molar-refractivity contribution in [2.75, 3.05) is 0 Å². The molecular formula is C18H21N3Si. The minimum atomic E-state index is -1.37. The van der Waals surface area contributed by atoms with Crippen LogP contribution in [-0.2, 0) is 6.42 Å². The van der Waals surface area contributed by atoms with Gasteiger partial charge in [0.1, 0.15) is 5.52 Å². The van der Waals surface area contributed by atoms with E-state index < -0.39 is 8.07 Å². The topological polar surface area (TPSA) is 30.7 Å². The van der Waals surface area contributed by atoms with E-state index in [1.165, 1.54) is 11.3 Å². The van der Waals surface area contributed by atoms with Gasteiger partial charge in [-0.1, -0.05) is 73.0 Å². The molecule has 0 atom stereocenters. The zero-order chi connectivity index (χ0) is 15.6. The van der Waals surface area contributed by atoms with E-state index in [9.17, 15) is 0 Å². The molecule has 3 aromatic rings. The first-order valence-corrected chi connectivity index (χ1v) is 11.2. The Morgan fingerprint density at radius 1 is 1.00 bits per heavy atom. The largest absolute Gasteiger partial charge is 0.217 e. The van der Waals surface area contributed by atoms with Crippen molar-refractivity contribution < 1.29 is 0 Å². The number of allylic oxidation sites excluding steroid dienone is 1. The highest BCUT2D eigenvalue weighted by molar-refractivity contribution is 6.81. The van der Waals surface area contributed by atoms with E-state index in [1.54, 1.807) is 0 Å². The van der Waals surface area contributed by atoms with Crippen LogP contribution in [0.2, 0.25) is 19.6 Å². The molecule has 2 aromatic carbocycles. The molecule has 0 spiro atoms. The SMILES string of the molecule is C[Si](C)(C)/C=C(\Cc1ccccc1)n1nnc2ccccc21. The Morgan fingerprint density at radius 2 is 1.68 bits per heavy atom. The molecule has 0 amide bonds. The molecule has 3 nitrogen and oxygen atoms in total. The molecule has 0 unspecified atom stereocenters. The molecule has 0 aliphatic rings. The Balaban J connectivity index is 2.08. The molecular weight excluding hydrogens is 286 g/mol. The van der Waals surface area contributed by atoms with Crippen LogP contribution in [0.1, 0.15) is 5.56 Å². The van der Waals surface area contributed by atoms with E-state index in [2.05, 4.69) is 72.1 Å². The second-order valence-electron chi connectivity index (χ2n) is 6.65. The minimum absolute atomic E-state index is 0.873. The molecule has 0 aliphatic heterocycles. The fourth-order valence-corrected chi connectivity index (χ4v) is 3.80. The fraction of sp³-hybridized carbons (Fsp3) is 0.222. The van der Waals surface area contributed by atoms with Crippen molar-refractivity contribution in [3.05, 3.63) is 65.9 Å². The number of aromatic nitrogens is 3. The highest BCUT2D eigenvalue weighted by atomic mass is 28.3. The molecule has 3 rings (SSSR count). The quantitative estimate of drug-likeness (QED) is 0.669. The van der Waals surface area contributed by atoms with E-state index in [0.717, 1.165) is 17.5 Å². The molecule has 0 saturated heterocycles. The molecule has 112 valence electrons. The number of benzene rings is 2. The molecule has 0 saturated carbocycles. The van der Waals surface area contributed by atoms with Crippen molar-refractivity contribution in [3.63, 3.8) is 0 Å². The van der Waals surface area contributed by atoms with Crippen LogP contribution in [0.25, 0.3) is 16.7 Å². The van der Waals surface area contributed by atoms with Crippen molar-refractivity contribution in [1.29, 1.82) is 0 Å². The van der Waals surface area contributed by atoms with Gasteiger partial charge < -0.3 is 0 Å². The lowest BCUT2D eigenvalue weighted by Gasteiger charge is -2.15. The molecule has 0 radical (unpaired) electrons. The lowest BCUT2D eigenvalue weighted by molar-refractivity contribution is 0.821. The molecule has 0 aliphatic carbocycles. The summed E-state index contributed by atoms with van der Waals surface area (Å²) in [6.45, 7) is 7.03. The summed E-state index contributed by atoms with van der Waals surface area (Å²) >= 11 is 0. The number of hydrogen-bond acceptors (Lipinski definition) is 2. The summed E-state index contributed by atoms with van der Waals surface area (Å²) in [4.78, 5) is 0. The summed E-state index contributed by atoms with van der Waals surface area (Å²) in [6, 6.07) is 18.7. The summed E-state index contributed by atoms with van der Waals surface area (Å²) in [5, 5.41) is 8.70. The van der Waals surface area contributed by atoms with Gasteiger partial charge in [-0.3, -0.25) is 0 Å². The maximum atomic E-state index is 4.40. The standard InChI is InChI=1S/C18H21N3Si/c1-22(2,3)14-16(13-15-9-5-4-6-10-15)21-18-12-8-7-11-17(18)19-20-21/h4-12,14H,13H2,1-3H3/b16-14+. The molecule has 4 heteroatoms. The highest BCUT2D eigenvalue weighted by Gasteiger charge is 2.15. The Hall–Kier alpha value is -2.20. The first kappa shape index (κ1) is 14.7. The Labute approximate surface area is 132 Å². The monoisotopic (exact) mass is 307 g/mol. The van der Waals surface area contributed by atoms with Gasteiger partial charge in [0, 0.05) is 12.1 Å². The summed E-state index contributed by atoms with van der Waals surface area (Å²) in [6.07, 6.45) is 0.873. The summed E-state index contributed by atoms with van der Waals surface area (Å²) in [5.74, 6) is 0. The van der Waals surface area contributed by atoms with E-state index in [-0.39, 0.29) is 0 Å². The lowest BCUT2D eigenvalue weighted by atomic mass is 10.1. The van der Waals surface area contributed by atoms with E-state index in [0.29, 0.717) is 0 Å². The smallest absolute Gasteiger partial charge is 0.113 e. The molecule has 0 bridgehead atoms.